The molecule has 2 rings (SSSR count). The highest BCUT2D eigenvalue weighted by molar-refractivity contribution is 6.06. The highest BCUT2D eigenvalue weighted by Gasteiger charge is 2.13. The lowest BCUT2D eigenvalue weighted by molar-refractivity contribution is 0.102. The fourth-order valence-electron chi connectivity index (χ4n) is 2.41. The van der Waals surface area contributed by atoms with Crippen molar-refractivity contribution in [1.29, 1.82) is 0 Å². The lowest BCUT2D eigenvalue weighted by Crippen LogP contribution is -2.22. The maximum Gasteiger partial charge on any atom is 0.260 e. The largest absolute Gasteiger partial charge is 0.507 e. The third-order valence-electron chi connectivity index (χ3n) is 3.73. The van der Waals surface area contributed by atoms with Gasteiger partial charge in [-0.15, -0.1) is 0 Å². The molecule has 0 saturated carbocycles. The van der Waals surface area contributed by atoms with Crippen LogP contribution in [-0.2, 0) is 0 Å². The van der Waals surface area contributed by atoms with Crippen LogP contribution in [-0.4, -0.2) is 29.1 Å². The van der Waals surface area contributed by atoms with Gasteiger partial charge in [0.1, 0.15) is 5.75 Å². The Hall–Kier alpha value is -2.76. The molecule has 1 heterocycles. The van der Waals surface area contributed by atoms with Crippen molar-refractivity contribution in [2.45, 2.75) is 20.8 Å². The van der Waals surface area contributed by atoms with E-state index in [2.05, 4.69) is 29.0 Å². The van der Waals surface area contributed by atoms with Crippen molar-refractivity contribution in [1.82, 2.24) is 4.98 Å². The van der Waals surface area contributed by atoms with Crippen LogP contribution in [0.5, 0.6) is 5.75 Å². The van der Waals surface area contributed by atoms with Crippen LogP contribution in [0.15, 0.2) is 35.3 Å². The number of pyridine rings is 1. The summed E-state index contributed by atoms with van der Waals surface area (Å²) in [5, 5.41) is 12.5. The molecule has 2 aromatic rings. The zero-order valence-corrected chi connectivity index (χ0v) is 13.5. The zero-order valence-electron chi connectivity index (χ0n) is 13.5. The van der Waals surface area contributed by atoms with E-state index in [4.69, 9.17) is 0 Å². The molecule has 0 aliphatic heterocycles. The van der Waals surface area contributed by atoms with Gasteiger partial charge in [-0.3, -0.25) is 9.59 Å². The lowest BCUT2D eigenvalue weighted by Gasteiger charge is -2.22. The predicted molar refractivity (Wildman–Crippen MR) is 91.4 cm³/mol. The summed E-state index contributed by atoms with van der Waals surface area (Å²) >= 11 is 0. The van der Waals surface area contributed by atoms with E-state index in [1.54, 1.807) is 0 Å². The van der Waals surface area contributed by atoms with Gasteiger partial charge in [-0.25, -0.2) is 0 Å². The number of nitrogens with one attached hydrogen (secondary N) is 2. The molecule has 0 aliphatic rings. The third-order valence-corrected chi connectivity index (χ3v) is 3.73. The number of H-pyrrole nitrogens is 1. The second kappa shape index (κ2) is 7.00. The molecular formula is C17H21N3O3. The molecule has 0 bridgehead atoms. The second-order valence-corrected chi connectivity index (χ2v) is 5.22. The molecule has 1 amide bonds. The molecule has 0 spiro atoms. The van der Waals surface area contributed by atoms with Crippen molar-refractivity contribution >= 4 is 17.3 Å². The first-order valence-electron chi connectivity index (χ1n) is 7.54. The van der Waals surface area contributed by atoms with Gasteiger partial charge in [0.25, 0.3) is 11.5 Å². The van der Waals surface area contributed by atoms with E-state index < -0.39 is 11.5 Å². The average molecular weight is 315 g/mol. The Morgan fingerprint density at radius 1 is 1.26 bits per heavy atom. The minimum atomic E-state index is -0.475. The molecule has 0 aliphatic carbocycles. The van der Waals surface area contributed by atoms with Crippen molar-refractivity contribution in [3.05, 3.63) is 51.9 Å². The summed E-state index contributed by atoms with van der Waals surface area (Å²) in [6, 6.07) is 6.77. The fourth-order valence-corrected chi connectivity index (χ4v) is 2.41. The number of aryl methyl sites for hydroxylation is 1. The number of aromatic amines is 1. The van der Waals surface area contributed by atoms with Crippen LogP contribution >= 0.6 is 0 Å². The summed E-state index contributed by atoms with van der Waals surface area (Å²) in [4.78, 5) is 27.9. The quantitative estimate of drug-likeness (QED) is 0.791. The van der Waals surface area contributed by atoms with Crippen LogP contribution in [0.2, 0.25) is 0 Å². The SMILES string of the molecule is CCN(CC)c1ccc(NC(=O)c2c[nH]c(=O)cc2O)c(C)c1. The third kappa shape index (κ3) is 3.71. The Labute approximate surface area is 134 Å². The molecular weight excluding hydrogens is 294 g/mol. The smallest absolute Gasteiger partial charge is 0.260 e. The van der Waals surface area contributed by atoms with Gasteiger partial charge in [-0.1, -0.05) is 0 Å². The molecule has 1 aromatic heterocycles. The number of anilines is 2. The van der Waals surface area contributed by atoms with E-state index in [0.717, 1.165) is 30.4 Å². The zero-order chi connectivity index (χ0) is 17.0. The first-order chi connectivity index (χ1) is 11.0. The second-order valence-electron chi connectivity index (χ2n) is 5.22. The van der Waals surface area contributed by atoms with Gasteiger partial charge in [0, 0.05) is 36.7 Å². The molecule has 0 radical (unpaired) electrons. The number of hydrogen-bond acceptors (Lipinski definition) is 4. The highest BCUT2D eigenvalue weighted by atomic mass is 16.3. The van der Waals surface area contributed by atoms with E-state index >= 15 is 0 Å². The van der Waals surface area contributed by atoms with Gasteiger partial charge in [-0.2, -0.15) is 0 Å². The van der Waals surface area contributed by atoms with Crippen molar-refractivity contribution in [2.24, 2.45) is 0 Å². The first kappa shape index (κ1) is 16.6. The summed E-state index contributed by atoms with van der Waals surface area (Å²) in [5.74, 6) is -0.818. The number of carbonyl (C=O) groups excluding carboxylic acids is 1. The number of nitrogens with zero attached hydrogens (tertiary/aromatic N) is 1. The summed E-state index contributed by atoms with van der Waals surface area (Å²) in [7, 11) is 0. The summed E-state index contributed by atoms with van der Waals surface area (Å²) in [6.45, 7) is 7.91. The monoisotopic (exact) mass is 315 g/mol. The summed E-state index contributed by atoms with van der Waals surface area (Å²) in [6.07, 6.45) is 1.20. The van der Waals surface area contributed by atoms with E-state index in [1.807, 2.05) is 25.1 Å². The van der Waals surface area contributed by atoms with E-state index in [-0.39, 0.29) is 11.3 Å². The van der Waals surface area contributed by atoms with Crippen molar-refractivity contribution < 1.29 is 9.90 Å². The van der Waals surface area contributed by atoms with Crippen LogP contribution in [0.3, 0.4) is 0 Å². The summed E-state index contributed by atoms with van der Waals surface area (Å²) in [5.41, 5.74) is 2.25. The topological polar surface area (TPSA) is 85.4 Å². The number of aromatic hydroxyl groups is 1. The highest BCUT2D eigenvalue weighted by Crippen LogP contribution is 2.24. The Morgan fingerprint density at radius 2 is 1.96 bits per heavy atom. The van der Waals surface area contributed by atoms with Gasteiger partial charge in [0.05, 0.1) is 5.56 Å². The standard InChI is InChI=1S/C17H21N3O3/c1-4-20(5-2)12-6-7-14(11(3)8-12)19-17(23)13-10-18-16(22)9-15(13)21/h6-10H,4-5H2,1-3H3,(H,19,23)(H2,18,21,22). The van der Waals surface area contributed by atoms with E-state index in [1.165, 1.54) is 6.20 Å². The number of hydrogen-bond donors (Lipinski definition) is 3. The molecule has 6 nitrogen and oxygen atoms in total. The van der Waals surface area contributed by atoms with Crippen LogP contribution in [0.25, 0.3) is 0 Å². The van der Waals surface area contributed by atoms with Crippen molar-refractivity contribution in [3.63, 3.8) is 0 Å². The van der Waals surface area contributed by atoms with Crippen LogP contribution in [0.4, 0.5) is 11.4 Å². The summed E-state index contributed by atoms with van der Waals surface area (Å²) < 4.78 is 0. The van der Waals surface area contributed by atoms with Crippen LogP contribution in [0, 0.1) is 6.92 Å². The number of aromatic nitrogens is 1. The van der Waals surface area contributed by atoms with Gasteiger partial charge in [-0.05, 0) is 44.5 Å². The first-order valence-corrected chi connectivity index (χ1v) is 7.54. The minimum Gasteiger partial charge on any atom is -0.507 e. The maximum atomic E-state index is 12.2. The van der Waals surface area contributed by atoms with E-state index in [0.29, 0.717) is 5.69 Å². The Kier molecular flexibility index (Phi) is 5.05. The minimum absolute atomic E-state index is 0.0248. The number of rotatable bonds is 5. The molecule has 23 heavy (non-hydrogen) atoms. The van der Waals surface area contributed by atoms with Gasteiger partial charge in [0.15, 0.2) is 0 Å². The number of amides is 1. The van der Waals surface area contributed by atoms with Crippen LogP contribution < -0.4 is 15.8 Å². The average Bonchev–Trinajstić information content (AvgIpc) is 2.51. The lowest BCUT2D eigenvalue weighted by atomic mass is 10.1. The molecule has 0 unspecified atom stereocenters. The van der Waals surface area contributed by atoms with Crippen LogP contribution in [0.1, 0.15) is 29.8 Å². The Bertz CT molecular complexity index is 764. The number of carbonyl (C=O) groups is 1. The fraction of sp³-hybridized carbons (Fsp3) is 0.294. The molecule has 6 heteroatoms. The maximum absolute atomic E-state index is 12.2. The number of benzene rings is 1. The van der Waals surface area contributed by atoms with Gasteiger partial charge in [0.2, 0.25) is 0 Å². The van der Waals surface area contributed by atoms with Gasteiger partial charge >= 0.3 is 0 Å². The molecule has 3 N–H and O–H groups in total. The molecule has 122 valence electrons. The molecule has 1 aromatic carbocycles. The van der Waals surface area contributed by atoms with Crippen molar-refractivity contribution in [3.8, 4) is 5.75 Å². The normalized spacial score (nSPS) is 10.4. The van der Waals surface area contributed by atoms with Gasteiger partial charge < -0.3 is 20.3 Å². The molecule has 0 atom stereocenters. The Morgan fingerprint density at radius 3 is 2.52 bits per heavy atom. The Balaban J connectivity index is 2.23. The van der Waals surface area contributed by atoms with Crippen molar-refractivity contribution in [2.75, 3.05) is 23.3 Å². The predicted octanol–water partition coefficient (Wildman–Crippen LogP) is 2.49. The molecule has 0 fully saturated rings. The van der Waals surface area contributed by atoms with E-state index in [9.17, 15) is 14.7 Å². The molecule has 0 saturated heterocycles.